The minimum Gasteiger partial charge on any atom is -0.355 e. The number of hydrogen-bond donors (Lipinski definition) is 1. The highest BCUT2D eigenvalue weighted by molar-refractivity contribution is 6.30. The monoisotopic (exact) mass is 320 g/mol. The first kappa shape index (κ1) is 16.5. The number of aryl methyl sites for hydroxylation is 2. The molecule has 0 fully saturated rings. The van der Waals surface area contributed by atoms with E-state index >= 15 is 0 Å². The molecule has 0 saturated heterocycles. The van der Waals surface area contributed by atoms with Crippen molar-refractivity contribution < 1.29 is 4.79 Å². The van der Waals surface area contributed by atoms with Gasteiger partial charge in [0.05, 0.1) is 5.69 Å². The third-order valence-electron chi connectivity index (χ3n) is 3.59. The smallest absolute Gasteiger partial charge is 0.251 e. The predicted molar refractivity (Wildman–Crippen MR) is 88.0 cm³/mol. The Balaban J connectivity index is 2.02. The van der Waals surface area contributed by atoms with Gasteiger partial charge in [0, 0.05) is 38.3 Å². The quantitative estimate of drug-likeness (QED) is 0.920. The van der Waals surface area contributed by atoms with E-state index in [0.717, 1.165) is 29.9 Å². The van der Waals surface area contributed by atoms with E-state index in [1.54, 1.807) is 11.7 Å². The van der Waals surface area contributed by atoms with Crippen molar-refractivity contribution in [3.63, 3.8) is 0 Å². The molecule has 0 radical (unpaired) electrons. The lowest BCUT2D eigenvalue weighted by molar-refractivity contribution is 0.0963. The molecule has 0 aliphatic heterocycles. The molecule has 0 spiro atoms. The van der Waals surface area contributed by atoms with E-state index in [0.29, 0.717) is 10.7 Å². The van der Waals surface area contributed by atoms with E-state index in [2.05, 4.69) is 15.3 Å². The summed E-state index contributed by atoms with van der Waals surface area (Å²) in [4.78, 5) is 13.7. The molecular weight excluding hydrogens is 300 g/mol. The number of benzene rings is 1. The molecular formula is C16H21ClN4O. The number of nitrogens with zero attached hydrogens (tertiary/aromatic N) is 3. The molecule has 2 aromatic rings. The first-order valence-corrected chi connectivity index (χ1v) is 7.47. The Morgan fingerprint density at radius 1 is 1.32 bits per heavy atom. The van der Waals surface area contributed by atoms with Gasteiger partial charge in [0.2, 0.25) is 0 Å². The molecule has 6 heteroatoms. The number of hydrogen-bond acceptors (Lipinski definition) is 3. The first-order chi connectivity index (χ1) is 10.4. The molecule has 2 rings (SSSR count). The van der Waals surface area contributed by atoms with E-state index in [1.807, 2.05) is 45.3 Å². The standard InChI is InChI=1S/C16H21ClN4O/c1-11-14(15(17)21(4)19-11)10-20(3)9-12-5-7-13(8-6-12)16(22)18-2/h5-8H,9-10H2,1-4H3,(H,18,22). The highest BCUT2D eigenvalue weighted by Gasteiger charge is 2.13. The summed E-state index contributed by atoms with van der Waals surface area (Å²) in [6.07, 6.45) is 0. The van der Waals surface area contributed by atoms with Crippen molar-refractivity contribution in [2.24, 2.45) is 7.05 Å². The molecule has 1 N–H and O–H groups in total. The lowest BCUT2D eigenvalue weighted by atomic mass is 10.1. The molecule has 0 saturated carbocycles. The van der Waals surface area contributed by atoms with Crippen molar-refractivity contribution in [3.8, 4) is 0 Å². The van der Waals surface area contributed by atoms with E-state index in [-0.39, 0.29) is 5.91 Å². The normalized spacial score (nSPS) is 11.0. The summed E-state index contributed by atoms with van der Waals surface area (Å²) >= 11 is 6.26. The number of halogens is 1. The number of nitrogens with one attached hydrogen (secondary N) is 1. The summed E-state index contributed by atoms with van der Waals surface area (Å²) < 4.78 is 1.69. The SMILES string of the molecule is CNC(=O)c1ccc(CN(C)Cc2c(C)nn(C)c2Cl)cc1. The van der Waals surface area contributed by atoms with Gasteiger partial charge < -0.3 is 5.32 Å². The van der Waals surface area contributed by atoms with Crippen LogP contribution in [0.15, 0.2) is 24.3 Å². The lowest BCUT2D eigenvalue weighted by Crippen LogP contribution is -2.19. The third-order valence-corrected chi connectivity index (χ3v) is 4.07. The Hall–Kier alpha value is -1.85. The number of carbonyl (C=O) groups is 1. The van der Waals surface area contributed by atoms with Crippen molar-refractivity contribution in [1.29, 1.82) is 0 Å². The van der Waals surface area contributed by atoms with Crippen LogP contribution >= 0.6 is 11.6 Å². The van der Waals surface area contributed by atoms with Crippen LogP contribution in [-0.4, -0.2) is 34.7 Å². The number of aromatic nitrogens is 2. The van der Waals surface area contributed by atoms with Crippen LogP contribution < -0.4 is 5.32 Å². The van der Waals surface area contributed by atoms with Crippen LogP contribution in [0.25, 0.3) is 0 Å². The van der Waals surface area contributed by atoms with Crippen LogP contribution in [0, 0.1) is 6.92 Å². The molecule has 1 heterocycles. The van der Waals surface area contributed by atoms with Crippen LogP contribution in [0.5, 0.6) is 0 Å². The Kier molecular flexibility index (Phi) is 5.21. The summed E-state index contributed by atoms with van der Waals surface area (Å²) in [5.74, 6) is -0.0716. The molecule has 0 aliphatic rings. The van der Waals surface area contributed by atoms with Gasteiger partial charge in [-0.15, -0.1) is 0 Å². The lowest BCUT2D eigenvalue weighted by Gasteiger charge is -2.17. The Morgan fingerprint density at radius 3 is 2.45 bits per heavy atom. The minimum atomic E-state index is -0.0716. The van der Waals surface area contributed by atoms with Crippen molar-refractivity contribution in [2.75, 3.05) is 14.1 Å². The average molecular weight is 321 g/mol. The van der Waals surface area contributed by atoms with Gasteiger partial charge in [-0.1, -0.05) is 23.7 Å². The zero-order valence-corrected chi connectivity index (χ0v) is 14.1. The number of carbonyl (C=O) groups excluding carboxylic acids is 1. The molecule has 1 aromatic heterocycles. The van der Waals surface area contributed by atoms with Crippen molar-refractivity contribution in [3.05, 3.63) is 51.8 Å². The summed E-state index contributed by atoms with van der Waals surface area (Å²) in [6, 6.07) is 7.62. The van der Waals surface area contributed by atoms with Crippen LogP contribution in [0.3, 0.4) is 0 Å². The van der Waals surface area contributed by atoms with Crippen molar-refractivity contribution >= 4 is 17.5 Å². The van der Waals surface area contributed by atoms with Crippen LogP contribution in [0.4, 0.5) is 0 Å². The third kappa shape index (κ3) is 3.67. The second-order valence-electron chi connectivity index (χ2n) is 5.43. The van der Waals surface area contributed by atoms with Gasteiger partial charge in [-0.25, -0.2) is 0 Å². The van der Waals surface area contributed by atoms with E-state index in [9.17, 15) is 4.79 Å². The second kappa shape index (κ2) is 6.94. The molecule has 22 heavy (non-hydrogen) atoms. The zero-order chi connectivity index (χ0) is 16.3. The second-order valence-corrected chi connectivity index (χ2v) is 5.78. The van der Waals surface area contributed by atoms with Gasteiger partial charge in [0.15, 0.2) is 0 Å². The average Bonchev–Trinajstić information content (AvgIpc) is 2.73. The van der Waals surface area contributed by atoms with Crippen molar-refractivity contribution in [2.45, 2.75) is 20.0 Å². The summed E-state index contributed by atoms with van der Waals surface area (Å²) in [5, 5.41) is 7.62. The van der Waals surface area contributed by atoms with Gasteiger partial charge in [0.25, 0.3) is 5.91 Å². The molecule has 0 bridgehead atoms. The van der Waals surface area contributed by atoms with E-state index in [1.165, 1.54) is 0 Å². The Labute approximate surface area is 135 Å². The maximum absolute atomic E-state index is 11.5. The van der Waals surface area contributed by atoms with Gasteiger partial charge in [-0.2, -0.15) is 5.10 Å². The summed E-state index contributed by atoms with van der Waals surface area (Å²) in [7, 11) is 5.51. The van der Waals surface area contributed by atoms with Crippen LogP contribution in [0.1, 0.15) is 27.2 Å². The fourth-order valence-electron chi connectivity index (χ4n) is 2.40. The fraction of sp³-hybridized carbons (Fsp3) is 0.375. The summed E-state index contributed by atoms with van der Waals surface area (Å²) in [6.45, 7) is 3.47. The Bertz CT molecular complexity index is 664. The highest BCUT2D eigenvalue weighted by Crippen LogP contribution is 2.20. The number of rotatable bonds is 5. The molecule has 1 aromatic carbocycles. The predicted octanol–water partition coefficient (Wildman–Crippen LogP) is 2.37. The molecule has 0 atom stereocenters. The van der Waals surface area contributed by atoms with E-state index < -0.39 is 0 Å². The first-order valence-electron chi connectivity index (χ1n) is 7.10. The van der Waals surface area contributed by atoms with Gasteiger partial charge in [0.1, 0.15) is 5.15 Å². The molecule has 118 valence electrons. The van der Waals surface area contributed by atoms with Gasteiger partial charge in [-0.3, -0.25) is 14.4 Å². The molecule has 1 amide bonds. The van der Waals surface area contributed by atoms with Crippen LogP contribution in [0.2, 0.25) is 5.15 Å². The Morgan fingerprint density at radius 2 is 1.95 bits per heavy atom. The number of amides is 1. The fourth-order valence-corrected chi connectivity index (χ4v) is 2.63. The van der Waals surface area contributed by atoms with Crippen molar-refractivity contribution in [1.82, 2.24) is 20.0 Å². The highest BCUT2D eigenvalue weighted by atomic mass is 35.5. The molecule has 0 aliphatic carbocycles. The molecule has 0 unspecified atom stereocenters. The van der Waals surface area contributed by atoms with Crippen LogP contribution in [-0.2, 0) is 20.1 Å². The topological polar surface area (TPSA) is 50.2 Å². The van der Waals surface area contributed by atoms with E-state index in [4.69, 9.17) is 11.6 Å². The zero-order valence-electron chi connectivity index (χ0n) is 13.4. The van der Waals surface area contributed by atoms with Gasteiger partial charge in [-0.05, 0) is 31.7 Å². The minimum absolute atomic E-state index is 0.0716. The maximum atomic E-state index is 11.5. The maximum Gasteiger partial charge on any atom is 0.251 e. The van der Waals surface area contributed by atoms with Gasteiger partial charge >= 0.3 is 0 Å². The largest absolute Gasteiger partial charge is 0.355 e. The molecule has 5 nitrogen and oxygen atoms in total. The summed E-state index contributed by atoms with van der Waals surface area (Å²) in [5.41, 5.74) is 3.82.